The standard InChI is InChI=1S/C13H18N2O3/c1-4-18-12-7-5-6-11(8-12)13(14-9(2)16)15-10(3)17/h5-8,13H,4H2,1-3H3,(H,14,16)(H,15,17). The summed E-state index contributed by atoms with van der Waals surface area (Å²) in [5, 5.41) is 5.34. The summed E-state index contributed by atoms with van der Waals surface area (Å²) in [5.41, 5.74) is 0.770. The molecular formula is C13H18N2O3. The van der Waals surface area contributed by atoms with Crippen LogP contribution >= 0.6 is 0 Å². The summed E-state index contributed by atoms with van der Waals surface area (Å²) in [6, 6.07) is 7.25. The molecule has 0 spiro atoms. The second-order valence-corrected chi connectivity index (χ2v) is 3.84. The molecule has 0 aliphatic carbocycles. The predicted octanol–water partition coefficient (Wildman–Crippen LogP) is 1.36. The first-order valence-electron chi connectivity index (χ1n) is 5.80. The smallest absolute Gasteiger partial charge is 0.218 e. The molecule has 0 aliphatic heterocycles. The monoisotopic (exact) mass is 250 g/mol. The summed E-state index contributed by atoms with van der Waals surface area (Å²) in [6.07, 6.45) is -0.541. The van der Waals surface area contributed by atoms with Gasteiger partial charge in [0.1, 0.15) is 11.9 Å². The molecule has 98 valence electrons. The minimum absolute atomic E-state index is 0.212. The zero-order valence-electron chi connectivity index (χ0n) is 10.8. The molecule has 2 N–H and O–H groups in total. The fourth-order valence-corrected chi connectivity index (χ4v) is 1.56. The molecule has 0 aliphatic rings. The Bertz CT molecular complexity index is 416. The van der Waals surface area contributed by atoms with E-state index in [1.54, 1.807) is 6.07 Å². The number of nitrogens with one attached hydrogen (secondary N) is 2. The Kier molecular flexibility index (Phi) is 5.17. The Morgan fingerprint density at radius 3 is 2.33 bits per heavy atom. The minimum atomic E-state index is -0.541. The summed E-state index contributed by atoms with van der Waals surface area (Å²) in [7, 11) is 0. The Morgan fingerprint density at radius 1 is 1.22 bits per heavy atom. The average Bonchev–Trinajstić information content (AvgIpc) is 2.28. The first-order valence-corrected chi connectivity index (χ1v) is 5.80. The normalized spacial score (nSPS) is 10.0. The van der Waals surface area contributed by atoms with Gasteiger partial charge < -0.3 is 15.4 Å². The van der Waals surface area contributed by atoms with E-state index in [4.69, 9.17) is 4.74 Å². The molecule has 5 heteroatoms. The summed E-state index contributed by atoms with van der Waals surface area (Å²) >= 11 is 0. The second-order valence-electron chi connectivity index (χ2n) is 3.84. The number of rotatable bonds is 5. The maximum atomic E-state index is 11.1. The van der Waals surface area contributed by atoms with Crippen LogP contribution in [0.3, 0.4) is 0 Å². The van der Waals surface area contributed by atoms with Crippen LogP contribution in [-0.2, 0) is 9.59 Å². The largest absolute Gasteiger partial charge is 0.494 e. The van der Waals surface area contributed by atoms with Crippen molar-refractivity contribution in [2.24, 2.45) is 0 Å². The third-order valence-electron chi connectivity index (χ3n) is 2.20. The molecule has 1 aromatic carbocycles. The zero-order chi connectivity index (χ0) is 13.5. The second kappa shape index (κ2) is 6.64. The van der Waals surface area contributed by atoms with Crippen LogP contribution in [-0.4, -0.2) is 18.4 Å². The van der Waals surface area contributed by atoms with E-state index in [1.165, 1.54) is 13.8 Å². The minimum Gasteiger partial charge on any atom is -0.494 e. The van der Waals surface area contributed by atoms with E-state index in [2.05, 4.69) is 10.6 Å². The number of carbonyl (C=O) groups is 2. The van der Waals surface area contributed by atoms with Gasteiger partial charge in [0, 0.05) is 13.8 Å². The van der Waals surface area contributed by atoms with Crippen LogP contribution < -0.4 is 15.4 Å². The Hall–Kier alpha value is -2.04. The first-order chi connectivity index (χ1) is 8.52. The number of amides is 2. The van der Waals surface area contributed by atoms with E-state index < -0.39 is 6.17 Å². The molecule has 18 heavy (non-hydrogen) atoms. The van der Waals surface area contributed by atoms with Crippen molar-refractivity contribution in [2.45, 2.75) is 26.9 Å². The predicted molar refractivity (Wildman–Crippen MR) is 68.0 cm³/mol. The quantitative estimate of drug-likeness (QED) is 0.775. The number of hydrogen-bond donors (Lipinski definition) is 2. The van der Waals surface area contributed by atoms with Crippen LogP contribution in [0.4, 0.5) is 0 Å². The molecule has 0 atom stereocenters. The molecule has 0 saturated heterocycles. The fraction of sp³-hybridized carbons (Fsp3) is 0.385. The van der Waals surface area contributed by atoms with Gasteiger partial charge in [-0.05, 0) is 24.6 Å². The molecule has 1 rings (SSSR count). The Labute approximate surface area is 107 Å². The van der Waals surface area contributed by atoms with Crippen molar-refractivity contribution in [3.05, 3.63) is 29.8 Å². The van der Waals surface area contributed by atoms with E-state index in [1.807, 2.05) is 25.1 Å². The van der Waals surface area contributed by atoms with Gasteiger partial charge in [0.2, 0.25) is 11.8 Å². The molecule has 0 radical (unpaired) electrons. The summed E-state index contributed by atoms with van der Waals surface area (Å²) in [6.45, 7) is 5.27. The lowest BCUT2D eigenvalue weighted by atomic mass is 10.1. The molecule has 0 unspecified atom stereocenters. The van der Waals surface area contributed by atoms with Crippen LogP contribution in [0.25, 0.3) is 0 Å². The number of ether oxygens (including phenoxy) is 1. The van der Waals surface area contributed by atoms with Crippen molar-refractivity contribution >= 4 is 11.8 Å². The number of benzene rings is 1. The molecule has 0 bridgehead atoms. The lowest BCUT2D eigenvalue weighted by Gasteiger charge is -2.19. The van der Waals surface area contributed by atoms with Gasteiger partial charge in [-0.2, -0.15) is 0 Å². The molecule has 5 nitrogen and oxygen atoms in total. The highest BCUT2D eigenvalue weighted by Crippen LogP contribution is 2.18. The molecule has 0 aromatic heterocycles. The van der Waals surface area contributed by atoms with Gasteiger partial charge in [-0.25, -0.2) is 0 Å². The molecule has 0 saturated carbocycles. The highest BCUT2D eigenvalue weighted by atomic mass is 16.5. The fourth-order valence-electron chi connectivity index (χ4n) is 1.56. The summed E-state index contributed by atoms with van der Waals surface area (Å²) in [5.74, 6) is 0.279. The van der Waals surface area contributed by atoms with Crippen molar-refractivity contribution in [3.63, 3.8) is 0 Å². The van der Waals surface area contributed by atoms with E-state index >= 15 is 0 Å². The van der Waals surface area contributed by atoms with Gasteiger partial charge >= 0.3 is 0 Å². The van der Waals surface area contributed by atoms with E-state index in [0.29, 0.717) is 12.4 Å². The Balaban J connectivity index is 2.92. The van der Waals surface area contributed by atoms with Crippen molar-refractivity contribution in [1.29, 1.82) is 0 Å². The van der Waals surface area contributed by atoms with Crippen LogP contribution in [0.15, 0.2) is 24.3 Å². The van der Waals surface area contributed by atoms with E-state index in [9.17, 15) is 9.59 Å². The van der Waals surface area contributed by atoms with Crippen LogP contribution in [0.2, 0.25) is 0 Å². The zero-order valence-corrected chi connectivity index (χ0v) is 10.8. The average molecular weight is 250 g/mol. The van der Waals surface area contributed by atoms with E-state index in [0.717, 1.165) is 5.56 Å². The van der Waals surface area contributed by atoms with Crippen molar-refractivity contribution in [1.82, 2.24) is 10.6 Å². The first kappa shape index (κ1) is 14.0. The molecular weight excluding hydrogens is 232 g/mol. The van der Waals surface area contributed by atoms with E-state index in [-0.39, 0.29) is 11.8 Å². The number of carbonyl (C=O) groups excluding carboxylic acids is 2. The van der Waals surface area contributed by atoms with Crippen LogP contribution in [0.1, 0.15) is 32.5 Å². The summed E-state index contributed by atoms with van der Waals surface area (Å²) in [4.78, 5) is 22.3. The summed E-state index contributed by atoms with van der Waals surface area (Å²) < 4.78 is 5.38. The molecule has 2 amide bonds. The Morgan fingerprint density at radius 2 is 1.83 bits per heavy atom. The van der Waals surface area contributed by atoms with Crippen LogP contribution in [0, 0.1) is 0 Å². The molecule has 1 aromatic rings. The van der Waals surface area contributed by atoms with Gasteiger partial charge in [-0.1, -0.05) is 12.1 Å². The number of hydrogen-bond acceptors (Lipinski definition) is 3. The van der Waals surface area contributed by atoms with Crippen LogP contribution in [0.5, 0.6) is 5.75 Å². The third kappa shape index (κ3) is 4.45. The molecule has 0 heterocycles. The van der Waals surface area contributed by atoms with Gasteiger partial charge in [0.25, 0.3) is 0 Å². The lowest BCUT2D eigenvalue weighted by molar-refractivity contribution is -0.122. The topological polar surface area (TPSA) is 67.4 Å². The highest BCUT2D eigenvalue weighted by Gasteiger charge is 2.14. The maximum absolute atomic E-state index is 11.1. The SMILES string of the molecule is CCOc1cccc(C(NC(C)=O)NC(C)=O)c1. The highest BCUT2D eigenvalue weighted by molar-refractivity contribution is 5.76. The van der Waals surface area contributed by atoms with Gasteiger partial charge in [-0.15, -0.1) is 0 Å². The molecule has 0 fully saturated rings. The van der Waals surface area contributed by atoms with Crippen molar-refractivity contribution in [2.75, 3.05) is 6.61 Å². The van der Waals surface area contributed by atoms with Crippen molar-refractivity contribution in [3.8, 4) is 5.75 Å². The lowest BCUT2D eigenvalue weighted by Crippen LogP contribution is -2.39. The van der Waals surface area contributed by atoms with Gasteiger partial charge in [-0.3, -0.25) is 9.59 Å². The third-order valence-corrected chi connectivity index (χ3v) is 2.20. The van der Waals surface area contributed by atoms with Gasteiger partial charge in [0.15, 0.2) is 0 Å². The van der Waals surface area contributed by atoms with Gasteiger partial charge in [0.05, 0.1) is 6.61 Å². The van der Waals surface area contributed by atoms with Crippen molar-refractivity contribution < 1.29 is 14.3 Å². The maximum Gasteiger partial charge on any atom is 0.218 e.